The van der Waals surface area contributed by atoms with Crippen LogP contribution >= 0.6 is 11.6 Å². The summed E-state index contributed by atoms with van der Waals surface area (Å²) in [5, 5.41) is 3.79. The van der Waals surface area contributed by atoms with E-state index in [0.717, 1.165) is 25.9 Å². The van der Waals surface area contributed by atoms with Crippen molar-refractivity contribution in [2.45, 2.75) is 12.8 Å². The molecule has 0 spiro atoms. The Balaban J connectivity index is 2.19. The van der Waals surface area contributed by atoms with Crippen LogP contribution < -0.4 is 11.1 Å². The van der Waals surface area contributed by atoms with E-state index in [1.54, 1.807) is 18.2 Å². The van der Waals surface area contributed by atoms with Gasteiger partial charge in [0.25, 0.3) is 0 Å². The van der Waals surface area contributed by atoms with Gasteiger partial charge in [-0.05, 0) is 37.6 Å². The lowest BCUT2D eigenvalue weighted by molar-refractivity contribution is 0.0900. The second-order valence-electron chi connectivity index (χ2n) is 4.14. The fourth-order valence-corrected chi connectivity index (χ4v) is 2.23. The maximum Gasteiger partial charge on any atom is 0.169 e. The number of nitrogen functional groups attached to an aromatic ring is 1. The van der Waals surface area contributed by atoms with E-state index in [9.17, 15) is 4.79 Å². The summed E-state index contributed by atoms with van der Waals surface area (Å²) in [4.78, 5) is 12.2. The van der Waals surface area contributed by atoms with Crippen molar-refractivity contribution < 1.29 is 4.79 Å². The summed E-state index contributed by atoms with van der Waals surface area (Å²) in [6, 6.07) is 5.06. The molecule has 1 aliphatic rings. The minimum Gasteiger partial charge on any atom is -0.398 e. The van der Waals surface area contributed by atoms with E-state index in [4.69, 9.17) is 17.3 Å². The van der Waals surface area contributed by atoms with Gasteiger partial charge in [0.1, 0.15) is 0 Å². The van der Waals surface area contributed by atoms with Crippen LogP contribution in [0.4, 0.5) is 5.69 Å². The zero-order valence-corrected chi connectivity index (χ0v) is 9.76. The molecular weight excluding hydrogens is 224 g/mol. The largest absolute Gasteiger partial charge is 0.398 e. The highest BCUT2D eigenvalue weighted by Crippen LogP contribution is 2.23. The summed E-state index contributed by atoms with van der Waals surface area (Å²) in [5.74, 6) is 0.179. The number of hydrogen-bond acceptors (Lipinski definition) is 3. The highest BCUT2D eigenvalue weighted by molar-refractivity contribution is 6.31. The van der Waals surface area contributed by atoms with Crippen molar-refractivity contribution in [2.24, 2.45) is 5.92 Å². The quantitative estimate of drug-likeness (QED) is 0.613. The highest BCUT2D eigenvalue weighted by Gasteiger charge is 2.23. The Morgan fingerprint density at radius 2 is 2.31 bits per heavy atom. The first-order valence-corrected chi connectivity index (χ1v) is 5.86. The number of ketones is 1. The number of piperidine rings is 1. The molecule has 86 valence electrons. The first-order chi connectivity index (χ1) is 7.68. The molecule has 1 aromatic carbocycles. The van der Waals surface area contributed by atoms with E-state index in [1.807, 2.05) is 0 Å². The number of anilines is 1. The Bertz CT molecular complexity index is 400. The third-order valence-corrected chi connectivity index (χ3v) is 3.18. The average molecular weight is 239 g/mol. The summed E-state index contributed by atoms with van der Waals surface area (Å²) in [6.07, 6.45) is 1.98. The lowest BCUT2D eigenvalue weighted by Crippen LogP contribution is -2.34. The predicted octanol–water partition coefficient (Wildman–Crippen LogP) is 2.10. The van der Waals surface area contributed by atoms with E-state index in [1.165, 1.54) is 0 Å². The fourth-order valence-electron chi connectivity index (χ4n) is 2.05. The van der Waals surface area contributed by atoms with Crippen LogP contribution in [-0.2, 0) is 0 Å². The van der Waals surface area contributed by atoms with Gasteiger partial charge in [-0.25, -0.2) is 0 Å². The van der Waals surface area contributed by atoms with E-state index in [-0.39, 0.29) is 11.7 Å². The lowest BCUT2D eigenvalue weighted by Gasteiger charge is -2.22. The lowest BCUT2D eigenvalue weighted by atomic mass is 9.90. The van der Waals surface area contributed by atoms with Crippen LogP contribution in [0.5, 0.6) is 0 Å². The summed E-state index contributed by atoms with van der Waals surface area (Å²) in [7, 11) is 0. The van der Waals surface area contributed by atoms with Crippen molar-refractivity contribution in [3.8, 4) is 0 Å². The van der Waals surface area contributed by atoms with Crippen LogP contribution in [0.3, 0.4) is 0 Å². The van der Waals surface area contributed by atoms with Crippen LogP contribution in [0.2, 0.25) is 5.02 Å². The van der Waals surface area contributed by atoms with Crippen LogP contribution in [0.1, 0.15) is 23.2 Å². The molecule has 1 aliphatic heterocycles. The van der Waals surface area contributed by atoms with Gasteiger partial charge < -0.3 is 11.1 Å². The molecule has 1 aromatic rings. The third kappa shape index (κ3) is 2.36. The Morgan fingerprint density at radius 1 is 1.50 bits per heavy atom. The number of hydrogen-bond donors (Lipinski definition) is 2. The normalized spacial score (nSPS) is 20.7. The van der Waals surface area contributed by atoms with Crippen LogP contribution in [0.15, 0.2) is 18.2 Å². The van der Waals surface area contributed by atoms with Gasteiger partial charge in [-0.2, -0.15) is 0 Å². The molecule has 3 N–H and O–H groups in total. The van der Waals surface area contributed by atoms with Crippen molar-refractivity contribution in [2.75, 3.05) is 18.8 Å². The zero-order valence-electron chi connectivity index (χ0n) is 9.00. The third-order valence-electron chi connectivity index (χ3n) is 2.95. The first kappa shape index (κ1) is 11.4. The maximum absolute atomic E-state index is 12.2. The molecule has 1 saturated heterocycles. The van der Waals surface area contributed by atoms with E-state index in [2.05, 4.69) is 5.32 Å². The minimum atomic E-state index is 0.0530. The molecule has 2 rings (SSSR count). The van der Waals surface area contributed by atoms with Crippen LogP contribution in [0.25, 0.3) is 0 Å². The summed E-state index contributed by atoms with van der Waals surface area (Å²) in [5.41, 5.74) is 6.87. The number of benzene rings is 1. The monoisotopic (exact) mass is 238 g/mol. The summed E-state index contributed by atoms with van der Waals surface area (Å²) >= 11 is 5.80. The Morgan fingerprint density at radius 3 is 2.94 bits per heavy atom. The predicted molar refractivity (Wildman–Crippen MR) is 65.8 cm³/mol. The van der Waals surface area contributed by atoms with Crippen molar-refractivity contribution in [3.05, 3.63) is 28.8 Å². The minimum absolute atomic E-state index is 0.0530. The van der Waals surface area contributed by atoms with Gasteiger partial charge in [0.15, 0.2) is 5.78 Å². The van der Waals surface area contributed by atoms with Gasteiger partial charge in [0.2, 0.25) is 0 Å². The van der Waals surface area contributed by atoms with Crippen molar-refractivity contribution in [1.29, 1.82) is 0 Å². The molecule has 16 heavy (non-hydrogen) atoms. The SMILES string of the molecule is Nc1cc(Cl)ccc1C(=O)C1CCCNC1. The number of rotatable bonds is 2. The average Bonchev–Trinajstić information content (AvgIpc) is 2.29. The second-order valence-corrected chi connectivity index (χ2v) is 4.58. The van der Waals surface area contributed by atoms with Gasteiger partial charge in [0.05, 0.1) is 0 Å². The number of nitrogens with two attached hydrogens (primary N) is 1. The molecule has 0 aliphatic carbocycles. The molecule has 0 amide bonds. The topological polar surface area (TPSA) is 55.1 Å². The van der Waals surface area contributed by atoms with Gasteiger partial charge >= 0.3 is 0 Å². The van der Waals surface area contributed by atoms with Gasteiger partial charge in [-0.1, -0.05) is 11.6 Å². The standard InChI is InChI=1S/C12H15ClN2O/c13-9-3-4-10(11(14)6-9)12(16)8-2-1-5-15-7-8/h3-4,6,8,15H,1-2,5,7,14H2. The molecule has 1 heterocycles. The van der Waals surface area contributed by atoms with E-state index < -0.39 is 0 Å². The van der Waals surface area contributed by atoms with Crippen molar-refractivity contribution >= 4 is 23.1 Å². The maximum atomic E-state index is 12.2. The highest BCUT2D eigenvalue weighted by atomic mass is 35.5. The summed E-state index contributed by atoms with van der Waals surface area (Å²) in [6.45, 7) is 1.75. The Kier molecular flexibility index (Phi) is 3.46. The molecule has 0 aromatic heterocycles. The van der Waals surface area contributed by atoms with Gasteiger partial charge in [0, 0.05) is 28.7 Å². The van der Waals surface area contributed by atoms with Crippen LogP contribution in [0, 0.1) is 5.92 Å². The Labute approximate surface area is 100.0 Å². The van der Waals surface area contributed by atoms with Crippen molar-refractivity contribution in [3.63, 3.8) is 0 Å². The first-order valence-electron chi connectivity index (χ1n) is 5.48. The zero-order chi connectivity index (χ0) is 11.5. The van der Waals surface area contributed by atoms with Crippen molar-refractivity contribution in [1.82, 2.24) is 5.32 Å². The molecule has 0 saturated carbocycles. The molecular formula is C12H15ClN2O. The van der Waals surface area contributed by atoms with E-state index in [0.29, 0.717) is 16.3 Å². The smallest absolute Gasteiger partial charge is 0.169 e. The molecule has 1 fully saturated rings. The second kappa shape index (κ2) is 4.85. The fraction of sp³-hybridized carbons (Fsp3) is 0.417. The molecule has 0 bridgehead atoms. The van der Waals surface area contributed by atoms with E-state index >= 15 is 0 Å². The van der Waals surface area contributed by atoms with Crippen LogP contribution in [-0.4, -0.2) is 18.9 Å². The number of Topliss-reactive ketones (excluding diaryl/α,β-unsaturated/α-hetero) is 1. The van der Waals surface area contributed by atoms with Gasteiger partial charge in [-0.15, -0.1) is 0 Å². The number of carbonyl (C=O) groups is 1. The molecule has 1 unspecified atom stereocenters. The molecule has 4 heteroatoms. The number of nitrogens with one attached hydrogen (secondary N) is 1. The molecule has 0 radical (unpaired) electrons. The van der Waals surface area contributed by atoms with Gasteiger partial charge in [-0.3, -0.25) is 4.79 Å². The number of carbonyl (C=O) groups excluding carboxylic acids is 1. The number of halogens is 1. The molecule has 3 nitrogen and oxygen atoms in total. The molecule has 1 atom stereocenters. The summed E-state index contributed by atoms with van der Waals surface area (Å²) < 4.78 is 0. The Hall–Kier alpha value is -1.06.